The zero-order valence-electron chi connectivity index (χ0n) is 33.0. The Kier molecular flexibility index (Phi) is 8.13. The molecule has 12 rings (SSSR count). The maximum atomic E-state index is 6.97. The average molecular weight is 781 g/mol. The van der Waals surface area contributed by atoms with Gasteiger partial charge < -0.3 is 13.7 Å². The molecule has 4 nitrogen and oxygen atoms in total. The van der Waals surface area contributed by atoms with Gasteiger partial charge in [0.1, 0.15) is 16.7 Å². The van der Waals surface area contributed by atoms with Gasteiger partial charge in [0.25, 0.3) is 0 Å². The minimum absolute atomic E-state index is 0.621. The fourth-order valence-electron chi connectivity index (χ4n) is 9.03. The fraction of sp³-hybridized carbons (Fsp3) is 0. The Bertz CT molecular complexity index is 3540. The van der Waals surface area contributed by atoms with Gasteiger partial charge in [-0.2, -0.15) is 0 Å². The summed E-state index contributed by atoms with van der Waals surface area (Å²) >= 11 is 0. The first kappa shape index (κ1) is 34.8. The number of rotatable bonds is 7. The van der Waals surface area contributed by atoms with Crippen molar-refractivity contribution in [1.29, 1.82) is 0 Å². The molecule has 0 amide bonds. The number of furan rings is 1. The van der Waals surface area contributed by atoms with Crippen molar-refractivity contribution in [2.24, 2.45) is 0 Å². The smallest absolute Gasteiger partial charge is 0.227 e. The number of hydrogen-bond acceptors (Lipinski definition) is 4. The number of oxazole rings is 1. The molecule has 0 aliphatic heterocycles. The van der Waals surface area contributed by atoms with Crippen LogP contribution < -0.4 is 4.90 Å². The third-order valence-corrected chi connectivity index (χ3v) is 11.9. The van der Waals surface area contributed by atoms with Gasteiger partial charge in [0.2, 0.25) is 5.89 Å². The second-order valence-electron chi connectivity index (χ2n) is 15.5. The molecule has 0 saturated carbocycles. The van der Waals surface area contributed by atoms with E-state index in [1.165, 1.54) is 11.1 Å². The van der Waals surface area contributed by atoms with Gasteiger partial charge in [-0.3, -0.25) is 0 Å². The minimum atomic E-state index is 0.621. The van der Waals surface area contributed by atoms with Crippen LogP contribution in [0.4, 0.5) is 17.1 Å². The molecular weight excluding hydrogens is 745 g/mol. The van der Waals surface area contributed by atoms with Gasteiger partial charge in [0.15, 0.2) is 5.58 Å². The van der Waals surface area contributed by atoms with Gasteiger partial charge in [-0.1, -0.05) is 158 Å². The molecule has 0 aliphatic rings. The van der Waals surface area contributed by atoms with E-state index in [9.17, 15) is 0 Å². The molecule has 2 heterocycles. The Morgan fingerprint density at radius 3 is 1.56 bits per heavy atom. The standard InChI is InChI=1S/C57H36N2O2/c1-3-14-37(15-4-1)38-26-30-41(31-27-38)59(40-16-5-2-6-17-40)42-32-28-39(29-33-42)43-22-13-23-49-52-36-51(46-20-9-10-21-48(46)56(52)61-55(43)49)47-34-35-50(45-19-8-7-18-44(45)47)57-58-53-24-11-12-25-54(53)60-57/h1-36H. The van der Waals surface area contributed by atoms with Crippen LogP contribution in [0.15, 0.2) is 227 Å². The van der Waals surface area contributed by atoms with Crippen molar-refractivity contribution in [3.05, 3.63) is 218 Å². The molecule has 0 N–H and O–H groups in total. The highest BCUT2D eigenvalue weighted by Gasteiger charge is 2.21. The van der Waals surface area contributed by atoms with Crippen LogP contribution in [0.1, 0.15) is 0 Å². The zero-order chi connectivity index (χ0) is 40.3. The molecule has 0 atom stereocenters. The van der Waals surface area contributed by atoms with Crippen molar-refractivity contribution in [3.8, 4) is 44.8 Å². The first-order valence-corrected chi connectivity index (χ1v) is 20.6. The summed E-state index contributed by atoms with van der Waals surface area (Å²) in [7, 11) is 0. The lowest BCUT2D eigenvalue weighted by atomic mass is 9.90. The predicted octanol–water partition coefficient (Wildman–Crippen LogP) is 16.2. The normalized spacial score (nSPS) is 11.6. The highest BCUT2D eigenvalue weighted by atomic mass is 16.3. The topological polar surface area (TPSA) is 42.4 Å². The number of para-hydroxylation sites is 4. The second-order valence-corrected chi connectivity index (χ2v) is 15.5. The molecule has 0 radical (unpaired) electrons. The molecule has 0 aliphatic carbocycles. The lowest BCUT2D eigenvalue weighted by molar-refractivity contribution is 0.620. The van der Waals surface area contributed by atoms with E-state index in [1.807, 2.05) is 24.3 Å². The summed E-state index contributed by atoms with van der Waals surface area (Å²) in [6.45, 7) is 0. The van der Waals surface area contributed by atoms with E-state index in [1.54, 1.807) is 0 Å². The number of benzene rings is 10. The van der Waals surface area contributed by atoms with E-state index in [-0.39, 0.29) is 0 Å². The third-order valence-electron chi connectivity index (χ3n) is 11.9. The number of nitrogens with zero attached hydrogens (tertiary/aromatic N) is 2. The van der Waals surface area contributed by atoms with Crippen molar-refractivity contribution in [2.75, 3.05) is 4.90 Å². The van der Waals surface area contributed by atoms with E-state index >= 15 is 0 Å². The molecule has 4 heteroatoms. The van der Waals surface area contributed by atoms with Crippen LogP contribution in [0.3, 0.4) is 0 Å². The van der Waals surface area contributed by atoms with Crippen molar-refractivity contribution >= 4 is 71.6 Å². The number of anilines is 3. The maximum Gasteiger partial charge on any atom is 0.227 e. The van der Waals surface area contributed by atoms with Crippen LogP contribution in [-0.2, 0) is 0 Å². The van der Waals surface area contributed by atoms with E-state index in [2.05, 4.69) is 199 Å². The lowest BCUT2D eigenvalue weighted by Crippen LogP contribution is -2.09. The summed E-state index contributed by atoms with van der Waals surface area (Å²) in [6, 6.07) is 76.9. The largest absolute Gasteiger partial charge is 0.455 e. The van der Waals surface area contributed by atoms with Gasteiger partial charge in [0.05, 0.1) is 0 Å². The lowest BCUT2D eigenvalue weighted by Gasteiger charge is -2.26. The molecule has 10 aromatic carbocycles. The van der Waals surface area contributed by atoms with E-state index in [4.69, 9.17) is 13.8 Å². The molecule has 12 aromatic rings. The summed E-state index contributed by atoms with van der Waals surface area (Å²) in [4.78, 5) is 7.16. The van der Waals surface area contributed by atoms with Gasteiger partial charge >= 0.3 is 0 Å². The highest BCUT2D eigenvalue weighted by molar-refractivity contribution is 6.22. The summed E-state index contributed by atoms with van der Waals surface area (Å²) in [5.74, 6) is 0.621. The summed E-state index contributed by atoms with van der Waals surface area (Å²) in [5.41, 5.74) is 14.5. The number of fused-ring (bicyclic) bond motifs is 7. The van der Waals surface area contributed by atoms with Crippen LogP contribution in [-0.4, -0.2) is 4.98 Å². The molecule has 0 unspecified atom stereocenters. The first-order valence-electron chi connectivity index (χ1n) is 20.6. The third kappa shape index (κ3) is 5.88. The first-order chi connectivity index (χ1) is 30.2. The van der Waals surface area contributed by atoms with Crippen molar-refractivity contribution < 1.29 is 8.83 Å². The molecule has 0 fully saturated rings. The quantitative estimate of drug-likeness (QED) is 0.162. The van der Waals surface area contributed by atoms with Gasteiger partial charge in [-0.05, 0) is 105 Å². The van der Waals surface area contributed by atoms with Crippen molar-refractivity contribution in [1.82, 2.24) is 4.98 Å². The SMILES string of the molecule is c1ccc(-c2ccc(N(c3ccccc3)c3ccc(-c4cccc5c4oc4c6ccccc6c(-c6ccc(-c7nc8ccccc8o7)c7ccccc67)cc54)cc3)cc2)cc1. The fourth-order valence-corrected chi connectivity index (χ4v) is 9.03. The predicted molar refractivity (Wildman–Crippen MR) is 253 cm³/mol. The van der Waals surface area contributed by atoms with Gasteiger partial charge in [-0.15, -0.1) is 0 Å². The Balaban J connectivity index is 0.965. The zero-order valence-corrected chi connectivity index (χ0v) is 33.0. The van der Waals surface area contributed by atoms with Crippen molar-refractivity contribution in [3.63, 3.8) is 0 Å². The van der Waals surface area contributed by atoms with E-state index < -0.39 is 0 Å². The highest BCUT2D eigenvalue weighted by Crippen LogP contribution is 2.45. The monoisotopic (exact) mass is 780 g/mol. The van der Waals surface area contributed by atoms with Gasteiger partial charge in [-0.25, -0.2) is 4.98 Å². The molecular formula is C57H36N2O2. The molecule has 286 valence electrons. The van der Waals surface area contributed by atoms with Crippen molar-refractivity contribution in [2.45, 2.75) is 0 Å². The van der Waals surface area contributed by atoms with Crippen LogP contribution >= 0.6 is 0 Å². The molecule has 0 spiro atoms. The number of hydrogen-bond donors (Lipinski definition) is 0. The molecule has 0 saturated heterocycles. The Labute approximate surface area is 352 Å². The maximum absolute atomic E-state index is 6.97. The Hall–Kier alpha value is -8.21. The minimum Gasteiger partial charge on any atom is -0.455 e. The van der Waals surface area contributed by atoms with Crippen LogP contribution in [0.2, 0.25) is 0 Å². The van der Waals surface area contributed by atoms with E-state index in [0.29, 0.717) is 5.89 Å². The van der Waals surface area contributed by atoms with E-state index in [0.717, 1.165) is 99.5 Å². The van der Waals surface area contributed by atoms with Gasteiger partial charge in [0, 0.05) is 44.3 Å². The van der Waals surface area contributed by atoms with Crippen LogP contribution in [0, 0.1) is 0 Å². The Morgan fingerprint density at radius 2 is 0.836 bits per heavy atom. The summed E-state index contributed by atoms with van der Waals surface area (Å²) in [5, 5.41) is 6.61. The summed E-state index contributed by atoms with van der Waals surface area (Å²) < 4.78 is 13.2. The molecule has 2 aromatic heterocycles. The average Bonchev–Trinajstić information content (AvgIpc) is 3.94. The summed E-state index contributed by atoms with van der Waals surface area (Å²) in [6.07, 6.45) is 0. The molecule has 61 heavy (non-hydrogen) atoms. The van der Waals surface area contributed by atoms with Crippen LogP contribution in [0.5, 0.6) is 0 Å². The molecule has 0 bridgehead atoms. The number of aromatic nitrogens is 1. The van der Waals surface area contributed by atoms with Crippen LogP contribution in [0.25, 0.3) is 99.4 Å². The Morgan fingerprint density at radius 1 is 0.311 bits per heavy atom. The second kappa shape index (κ2) is 14.3.